The van der Waals surface area contributed by atoms with Gasteiger partial charge in [-0.3, -0.25) is 4.79 Å². The number of aromatic amines is 1. The van der Waals surface area contributed by atoms with Gasteiger partial charge >= 0.3 is 0 Å². The predicted octanol–water partition coefficient (Wildman–Crippen LogP) is 2.06. The molecule has 3 heterocycles. The van der Waals surface area contributed by atoms with Gasteiger partial charge in [-0.05, 0) is 47.2 Å². The number of fused-ring (bicyclic) bond motifs is 1. The third-order valence-corrected chi connectivity index (χ3v) is 4.77. The quantitative estimate of drug-likeness (QED) is 0.446. The molecule has 0 radical (unpaired) electrons. The first-order chi connectivity index (χ1) is 15.0. The van der Waals surface area contributed by atoms with Gasteiger partial charge in [0.15, 0.2) is 11.2 Å². The van der Waals surface area contributed by atoms with Crippen molar-refractivity contribution in [3.05, 3.63) is 81.1 Å². The molecule has 0 saturated carbocycles. The van der Waals surface area contributed by atoms with Crippen LogP contribution in [0.3, 0.4) is 0 Å². The molecule has 0 saturated heterocycles. The first-order valence-corrected chi connectivity index (χ1v) is 9.53. The van der Waals surface area contributed by atoms with Gasteiger partial charge in [-0.15, -0.1) is 15.3 Å². The SMILES string of the molecule is O=c1[nH]c(Cn2nnc(-c3ccc(Cl)cc3)n2)nc2c1nnn2Cc1ccc(F)cc1. The Morgan fingerprint density at radius 1 is 0.968 bits per heavy atom. The van der Waals surface area contributed by atoms with Crippen LogP contribution in [0.1, 0.15) is 11.4 Å². The summed E-state index contributed by atoms with van der Waals surface area (Å²) in [7, 11) is 0. The van der Waals surface area contributed by atoms with Gasteiger partial charge in [0.25, 0.3) is 5.56 Å². The van der Waals surface area contributed by atoms with Gasteiger partial charge in [-0.2, -0.15) is 4.80 Å². The Morgan fingerprint density at radius 3 is 2.52 bits per heavy atom. The highest BCUT2D eigenvalue weighted by Gasteiger charge is 2.14. The highest BCUT2D eigenvalue weighted by molar-refractivity contribution is 6.30. The van der Waals surface area contributed by atoms with Gasteiger partial charge < -0.3 is 4.98 Å². The van der Waals surface area contributed by atoms with E-state index in [1.54, 1.807) is 36.4 Å². The maximum absolute atomic E-state index is 13.1. The van der Waals surface area contributed by atoms with Crippen LogP contribution in [0.25, 0.3) is 22.6 Å². The van der Waals surface area contributed by atoms with E-state index in [9.17, 15) is 9.18 Å². The Labute approximate surface area is 178 Å². The van der Waals surface area contributed by atoms with E-state index in [1.807, 2.05) is 0 Å². The van der Waals surface area contributed by atoms with Crippen molar-refractivity contribution in [2.75, 3.05) is 0 Å². The van der Waals surface area contributed by atoms with Gasteiger partial charge in [-0.1, -0.05) is 28.9 Å². The molecular formula is C19H13ClFN9O. The number of nitrogens with one attached hydrogen (secondary N) is 1. The minimum absolute atomic E-state index is 0.0908. The van der Waals surface area contributed by atoms with Crippen molar-refractivity contribution in [1.29, 1.82) is 0 Å². The van der Waals surface area contributed by atoms with Crippen molar-refractivity contribution in [2.24, 2.45) is 0 Å². The average Bonchev–Trinajstić information content (AvgIpc) is 3.38. The maximum Gasteiger partial charge on any atom is 0.281 e. The molecule has 0 unspecified atom stereocenters. The lowest BCUT2D eigenvalue weighted by Crippen LogP contribution is -2.16. The van der Waals surface area contributed by atoms with Crippen molar-refractivity contribution in [1.82, 2.24) is 45.2 Å². The van der Waals surface area contributed by atoms with E-state index in [0.29, 0.717) is 22.3 Å². The molecule has 0 aliphatic carbocycles. The number of aromatic nitrogens is 9. The number of rotatable bonds is 5. The van der Waals surface area contributed by atoms with Crippen LogP contribution in [0, 0.1) is 5.82 Å². The molecule has 0 aliphatic rings. The molecule has 12 heteroatoms. The van der Waals surface area contributed by atoms with Crippen LogP contribution in [-0.4, -0.2) is 45.2 Å². The van der Waals surface area contributed by atoms with E-state index >= 15 is 0 Å². The summed E-state index contributed by atoms with van der Waals surface area (Å²) in [6, 6.07) is 13.0. The first-order valence-electron chi connectivity index (χ1n) is 9.16. The van der Waals surface area contributed by atoms with Crippen LogP contribution >= 0.6 is 11.6 Å². The van der Waals surface area contributed by atoms with Crippen molar-refractivity contribution in [3.63, 3.8) is 0 Å². The summed E-state index contributed by atoms with van der Waals surface area (Å²) in [6.45, 7) is 0.377. The van der Waals surface area contributed by atoms with Crippen LogP contribution in [0.2, 0.25) is 5.02 Å². The lowest BCUT2D eigenvalue weighted by molar-refractivity contribution is 0.553. The second-order valence-corrected chi connectivity index (χ2v) is 7.15. The summed E-state index contributed by atoms with van der Waals surface area (Å²) >= 11 is 5.90. The molecule has 5 aromatic rings. The van der Waals surface area contributed by atoms with Crippen molar-refractivity contribution >= 4 is 22.8 Å². The molecule has 0 atom stereocenters. The summed E-state index contributed by atoms with van der Waals surface area (Å²) in [6.07, 6.45) is 0. The van der Waals surface area contributed by atoms with Crippen LogP contribution < -0.4 is 5.56 Å². The van der Waals surface area contributed by atoms with Gasteiger partial charge in [0.1, 0.15) is 18.2 Å². The standard InChI is InChI=1S/C19H13ClFN9O/c20-13-5-3-12(4-6-13)17-25-28-30(26-17)10-15-22-18-16(19(31)23-15)24-27-29(18)9-11-1-7-14(21)8-2-11/h1-8H,9-10H2,(H,22,23,31). The Bertz CT molecular complexity index is 1420. The summed E-state index contributed by atoms with van der Waals surface area (Å²) in [5, 5.41) is 20.9. The third-order valence-electron chi connectivity index (χ3n) is 4.51. The van der Waals surface area contributed by atoms with Crippen LogP contribution in [0.4, 0.5) is 4.39 Å². The van der Waals surface area contributed by atoms with Crippen LogP contribution in [0.5, 0.6) is 0 Å². The van der Waals surface area contributed by atoms with E-state index < -0.39 is 5.56 Å². The molecule has 3 aromatic heterocycles. The largest absolute Gasteiger partial charge is 0.307 e. The van der Waals surface area contributed by atoms with Gasteiger partial charge in [0.05, 0.1) is 6.54 Å². The summed E-state index contributed by atoms with van der Waals surface area (Å²) < 4.78 is 14.6. The smallest absolute Gasteiger partial charge is 0.281 e. The fraction of sp³-hybridized carbons (Fsp3) is 0.105. The molecule has 0 bridgehead atoms. The Hall–Kier alpha value is -3.99. The Balaban J connectivity index is 1.43. The number of benzene rings is 2. The summed E-state index contributed by atoms with van der Waals surface area (Å²) in [5.74, 6) is 0.408. The molecule has 10 nitrogen and oxygen atoms in total. The molecular weight excluding hydrogens is 425 g/mol. The molecule has 0 fully saturated rings. The molecule has 1 N–H and O–H groups in total. The third kappa shape index (κ3) is 3.90. The fourth-order valence-corrected chi connectivity index (χ4v) is 3.14. The minimum Gasteiger partial charge on any atom is -0.307 e. The zero-order valence-electron chi connectivity index (χ0n) is 15.8. The van der Waals surface area contributed by atoms with Crippen molar-refractivity contribution in [3.8, 4) is 11.4 Å². The van der Waals surface area contributed by atoms with Crippen LogP contribution in [-0.2, 0) is 13.1 Å². The summed E-state index contributed by atoms with van der Waals surface area (Å²) in [4.78, 5) is 20.9. The second kappa shape index (κ2) is 7.69. The molecule has 0 spiro atoms. The van der Waals surface area contributed by atoms with E-state index in [1.165, 1.54) is 21.6 Å². The maximum atomic E-state index is 13.1. The minimum atomic E-state index is -0.427. The number of tetrazole rings is 1. The average molecular weight is 438 g/mol. The molecule has 0 aliphatic heterocycles. The number of halogens is 2. The monoisotopic (exact) mass is 437 g/mol. The normalized spacial score (nSPS) is 11.3. The fourth-order valence-electron chi connectivity index (χ4n) is 3.01. The number of nitrogens with zero attached hydrogens (tertiary/aromatic N) is 8. The Kier molecular flexibility index (Phi) is 4.71. The Morgan fingerprint density at radius 2 is 1.74 bits per heavy atom. The molecule has 0 amide bonds. The lowest BCUT2D eigenvalue weighted by Gasteiger charge is -2.03. The molecule has 5 rings (SSSR count). The zero-order chi connectivity index (χ0) is 21.4. The van der Waals surface area contributed by atoms with E-state index in [0.717, 1.165) is 11.1 Å². The number of hydrogen-bond acceptors (Lipinski definition) is 7. The highest BCUT2D eigenvalue weighted by atomic mass is 35.5. The molecule has 154 valence electrons. The van der Waals surface area contributed by atoms with E-state index in [4.69, 9.17) is 11.6 Å². The van der Waals surface area contributed by atoms with E-state index in [-0.39, 0.29) is 24.4 Å². The first kappa shape index (κ1) is 19.0. The van der Waals surface area contributed by atoms with Crippen molar-refractivity contribution in [2.45, 2.75) is 13.1 Å². The molecule has 2 aromatic carbocycles. The zero-order valence-corrected chi connectivity index (χ0v) is 16.5. The highest BCUT2D eigenvalue weighted by Crippen LogP contribution is 2.17. The van der Waals surface area contributed by atoms with Gasteiger partial charge in [0, 0.05) is 10.6 Å². The summed E-state index contributed by atoms with van der Waals surface area (Å²) in [5.41, 5.74) is 1.54. The lowest BCUT2D eigenvalue weighted by atomic mass is 10.2. The molecule has 31 heavy (non-hydrogen) atoms. The van der Waals surface area contributed by atoms with Crippen LogP contribution in [0.15, 0.2) is 53.3 Å². The van der Waals surface area contributed by atoms with Gasteiger partial charge in [0.2, 0.25) is 5.82 Å². The van der Waals surface area contributed by atoms with Gasteiger partial charge in [-0.25, -0.2) is 14.1 Å². The van der Waals surface area contributed by atoms with E-state index in [2.05, 4.69) is 35.7 Å². The topological polar surface area (TPSA) is 120 Å². The van der Waals surface area contributed by atoms with Crippen molar-refractivity contribution < 1.29 is 4.39 Å². The number of hydrogen-bond donors (Lipinski definition) is 1. The number of H-pyrrole nitrogens is 1. The second-order valence-electron chi connectivity index (χ2n) is 6.71. The predicted molar refractivity (Wildman–Crippen MR) is 109 cm³/mol.